The van der Waals surface area contributed by atoms with E-state index in [4.69, 9.17) is 9.51 Å². The molecule has 2 aromatic heterocycles. The number of ketones is 1. The Bertz CT molecular complexity index is 1100. The highest BCUT2D eigenvalue weighted by molar-refractivity contribution is 7.12. The fourth-order valence-corrected chi connectivity index (χ4v) is 5.20. The largest absolute Gasteiger partial charge is 0.338 e. The molecule has 0 bridgehead atoms. The third-order valence-corrected chi connectivity index (χ3v) is 6.89. The van der Waals surface area contributed by atoms with E-state index in [9.17, 15) is 4.79 Å². The molecule has 162 valence electrons. The number of rotatable bonds is 7. The predicted octanol–water partition coefficient (Wildman–Crippen LogP) is 5.41. The van der Waals surface area contributed by atoms with Crippen LogP contribution in [0.15, 0.2) is 82.7 Å². The highest BCUT2D eigenvalue weighted by Crippen LogP contribution is 2.30. The zero-order valence-electron chi connectivity index (χ0n) is 17.8. The number of hydrogen-bond donors (Lipinski definition) is 0. The van der Waals surface area contributed by atoms with Crippen molar-refractivity contribution < 1.29 is 9.32 Å². The van der Waals surface area contributed by atoms with Gasteiger partial charge in [0.2, 0.25) is 5.89 Å². The summed E-state index contributed by atoms with van der Waals surface area (Å²) in [7, 11) is 0. The Morgan fingerprint density at radius 3 is 2.41 bits per heavy atom. The van der Waals surface area contributed by atoms with Gasteiger partial charge in [0.15, 0.2) is 11.6 Å². The second-order valence-electron chi connectivity index (χ2n) is 8.22. The number of carbonyl (C=O) groups is 1. The van der Waals surface area contributed by atoms with Gasteiger partial charge in [-0.3, -0.25) is 9.69 Å². The lowest BCUT2D eigenvalue weighted by Gasteiger charge is -2.30. The van der Waals surface area contributed by atoms with Crippen LogP contribution in [0.2, 0.25) is 0 Å². The molecule has 3 heterocycles. The van der Waals surface area contributed by atoms with Gasteiger partial charge in [0.05, 0.1) is 17.3 Å². The Kier molecular flexibility index (Phi) is 6.23. The molecule has 1 saturated heterocycles. The zero-order valence-corrected chi connectivity index (χ0v) is 18.6. The van der Waals surface area contributed by atoms with E-state index in [-0.39, 0.29) is 17.6 Å². The summed E-state index contributed by atoms with van der Waals surface area (Å²) in [6, 6.07) is 24.4. The number of benzene rings is 2. The fourth-order valence-electron chi connectivity index (χ4n) is 4.46. The van der Waals surface area contributed by atoms with E-state index in [0.717, 1.165) is 41.9 Å². The minimum absolute atomic E-state index is 0.0335. The quantitative estimate of drug-likeness (QED) is 0.358. The van der Waals surface area contributed by atoms with Gasteiger partial charge in [-0.05, 0) is 42.0 Å². The van der Waals surface area contributed by atoms with Gasteiger partial charge in [-0.15, -0.1) is 11.3 Å². The molecule has 1 fully saturated rings. The first-order valence-electron chi connectivity index (χ1n) is 11.0. The number of carbonyl (C=O) groups excluding carboxylic acids is 1. The number of aromatic nitrogens is 2. The average molecular weight is 444 g/mol. The van der Waals surface area contributed by atoms with Crippen LogP contribution in [0, 0.1) is 5.92 Å². The van der Waals surface area contributed by atoms with Crippen molar-refractivity contribution in [2.24, 2.45) is 5.92 Å². The number of likely N-dealkylation sites (tertiary alicyclic amines) is 1. The van der Waals surface area contributed by atoms with Crippen molar-refractivity contribution in [1.29, 1.82) is 0 Å². The van der Waals surface area contributed by atoms with Crippen LogP contribution in [0.4, 0.5) is 0 Å². The number of nitrogens with zero attached hydrogens (tertiary/aromatic N) is 3. The van der Waals surface area contributed by atoms with Crippen molar-refractivity contribution in [1.82, 2.24) is 15.0 Å². The van der Waals surface area contributed by atoms with Crippen molar-refractivity contribution >= 4 is 17.1 Å². The van der Waals surface area contributed by atoms with Crippen LogP contribution in [0.1, 0.15) is 51.3 Å². The number of Topliss-reactive ketones (excluding diaryl/α,β-unsaturated/α-hetero) is 1. The maximum Gasteiger partial charge on any atom is 0.240 e. The first-order chi connectivity index (χ1) is 15.8. The average Bonchev–Trinajstić information content (AvgIpc) is 3.53. The second kappa shape index (κ2) is 9.59. The highest BCUT2D eigenvalue weighted by Gasteiger charge is 2.29. The molecule has 32 heavy (non-hydrogen) atoms. The Hall–Kier alpha value is -3.09. The minimum Gasteiger partial charge on any atom is -0.338 e. The van der Waals surface area contributed by atoms with Gasteiger partial charge < -0.3 is 4.52 Å². The molecular formula is C26H25N3O2S. The van der Waals surface area contributed by atoms with Crippen LogP contribution in [-0.2, 0) is 6.54 Å². The molecule has 4 aromatic rings. The summed E-state index contributed by atoms with van der Waals surface area (Å²) < 4.78 is 5.67. The summed E-state index contributed by atoms with van der Waals surface area (Å²) in [6.45, 7) is 2.24. The van der Waals surface area contributed by atoms with Crippen LogP contribution in [0.25, 0.3) is 0 Å². The molecule has 0 N–H and O–H groups in total. The maximum atomic E-state index is 12.8. The lowest BCUT2D eigenvalue weighted by Crippen LogP contribution is -2.38. The lowest BCUT2D eigenvalue weighted by molar-refractivity contribution is 0.0801. The molecule has 0 amide bonds. The number of hydrogen-bond acceptors (Lipinski definition) is 6. The van der Waals surface area contributed by atoms with Crippen LogP contribution >= 0.6 is 11.3 Å². The van der Waals surface area contributed by atoms with E-state index in [0.29, 0.717) is 18.3 Å². The van der Waals surface area contributed by atoms with Crippen LogP contribution in [0.5, 0.6) is 0 Å². The predicted molar refractivity (Wildman–Crippen MR) is 125 cm³/mol. The Morgan fingerprint density at radius 2 is 1.75 bits per heavy atom. The lowest BCUT2D eigenvalue weighted by atomic mass is 9.91. The zero-order chi connectivity index (χ0) is 21.8. The summed E-state index contributed by atoms with van der Waals surface area (Å²) in [5.41, 5.74) is 2.26. The Labute approximate surface area is 191 Å². The van der Waals surface area contributed by atoms with Crippen molar-refractivity contribution in [2.45, 2.75) is 25.3 Å². The number of piperidine rings is 1. The van der Waals surface area contributed by atoms with E-state index >= 15 is 0 Å². The molecule has 0 saturated carbocycles. The summed E-state index contributed by atoms with van der Waals surface area (Å²) in [4.78, 5) is 20.7. The summed E-state index contributed by atoms with van der Waals surface area (Å²) in [5, 5.41) is 6.31. The van der Waals surface area contributed by atoms with E-state index in [1.807, 2.05) is 53.9 Å². The minimum atomic E-state index is -0.0792. The van der Waals surface area contributed by atoms with E-state index in [2.05, 4.69) is 34.3 Å². The van der Waals surface area contributed by atoms with Gasteiger partial charge in [0, 0.05) is 12.5 Å². The van der Waals surface area contributed by atoms with Gasteiger partial charge in [0.1, 0.15) is 0 Å². The van der Waals surface area contributed by atoms with Crippen molar-refractivity contribution in [3.05, 3.63) is 106 Å². The van der Waals surface area contributed by atoms with Crippen molar-refractivity contribution in [3.63, 3.8) is 0 Å². The smallest absolute Gasteiger partial charge is 0.240 e. The highest BCUT2D eigenvalue weighted by atomic mass is 32.1. The molecule has 0 radical (unpaired) electrons. The molecule has 2 aromatic carbocycles. The van der Waals surface area contributed by atoms with Gasteiger partial charge in [-0.1, -0.05) is 71.9 Å². The topological polar surface area (TPSA) is 59.2 Å². The molecule has 6 heteroatoms. The monoisotopic (exact) mass is 443 g/mol. The molecule has 0 aliphatic carbocycles. The molecule has 1 aliphatic rings. The Morgan fingerprint density at radius 1 is 1.03 bits per heavy atom. The molecular weight excluding hydrogens is 418 g/mol. The molecule has 1 aliphatic heterocycles. The summed E-state index contributed by atoms with van der Waals surface area (Å²) >= 11 is 1.52. The van der Waals surface area contributed by atoms with Crippen LogP contribution in [0.3, 0.4) is 0 Å². The second-order valence-corrected chi connectivity index (χ2v) is 9.16. The third-order valence-electron chi connectivity index (χ3n) is 6.01. The molecule has 5 rings (SSSR count). The van der Waals surface area contributed by atoms with Gasteiger partial charge in [-0.25, -0.2) is 0 Å². The first kappa shape index (κ1) is 20.8. The summed E-state index contributed by atoms with van der Waals surface area (Å²) in [5.74, 6) is 1.47. The van der Waals surface area contributed by atoms with Gasteiger partial charge in [0.25, 0.3) is 0 Å². The fraction of sp³-hybridized carbons (Fsp3) is 0.269. The van der Waals surface area contributed by atoms with Gasteiger partial charge >= 0.3 is 0 Å². The van der Waals surface area contributed by atoms with Crippen molar-refractivity contribution in [2.75, 3.05) is 13.1 Å². The standard InChI is InChI=1S/C26H25N3O2S/c30-25(22-14-8-16-32-22)21-13-7-15-29(17-21)18-23-27-26(28-31-23)24(19-9-3-1-4-10-19)20-11-5-2-6-12-20/h1-6,8-12,14,16,21,24H,7,13,15,17-18H2/t21-/m1/s1. The van der Waals surface area contributed by atoms with E-state index in [1.54, 1.807) is 0 Å². The molecule has 1 atom stereocenters. The number of thiophene rings is 1. The summed E-state index contributed by atoms with van der Waals surface area (Å²) in [6.07, 6.45) is 1.94. The van der Waals surface area contributed by atoms with Crippen LogP contribution < -0.4 is 0 Å². The third kappa shape index (κ3) is 4.56. The first-order valence-corrected chi connectivity index (χ1v) is 11.9. The van der Waals surface area contributed by atoms with E-state index in [1.165, 1.54) is 11.3 Å². The normalized spacial score (nSPS) is 17.0. The Balaban J connectivity index is 1.33. The maximum absolute atomic E-state index is 12.8. The molecule has 0 unspecified atom stereocenters. The van der Waals surface area contributed by atoms with Gasteiger partial charge in [-0.2, -0.15) is 4.98 Å². The van der Waals surface area contributed by atoms with E-state index < -0.39 is 0 Å². The SMILES string of the molecule is O=C(c1cccs1)[C@@H]1CCCN(Cc2nc(C(c3ccccc3)c3ccccc3)no2)C1. The molecule has 5 nitrogen and oxygen atoms in total. The van der Waals surface area contributed by atoms with Crippen molar-refractivity contribution in [3.8, 4) is 0 Å². The molecule has 0 spiro atoms. The van der Waals surface area contributed by atoms with Crippen LogP contribution in [-0.4, -0.2) is 33.9 Å².